The van der Waals surface area contributed by atoms with Crippen LogP contribution in [0.4, 0.5) is 0 Å². The van der Waals surface area contributed by atoms with Crippen molar-refractivity contribution in [3.8, 4) is 0 Å². The fraction of sp³-hybridized carbons (Fsp3) is 0.900. The maximum absolute atomic E-state index is 5.96. The summed E-state index contributed by atoms with van der Waals surface area (Å²) in [7, 11) is -1.49. The molecule has 0 aromatic rings. The van der Waals surface area contributed by atoms with Gasteiger partial charge in [0.2, 0.25) is 0 Å². The Hall–Kier alpha value is 0.177. The van der Waals surface area contributed by atoms with E-state index in [-0.39, 0.29) is 0 Å². The molecule has 0 saturated heterocycles. The number of rotatable bonds is 3. The molecule has 12 heavy (non-hydrogen) atoms. The lowest BCUT2D eigenvalue weighted by atomic mass is 10.2. The third-order valence-corrected chi connectivity index (χ3v) is 7.01. The maximum atomic E-state index is 5.96. The van der Waals surface area contributed by atoms with Gasteiger partial charge in [0, 0.05) is 6.61 Å². The predicted octanol–water partition coefficient (Wildman–Crippen LogP) is 3.62. The van der Waals surface area contributed by atoms with Crippen LogP contribution >= 0.6 is 0 Å². The molecule has 0 aromatic heterocycles. The van der Waals surface area contributed by atoms with E-state index >= 15 is 0 Å². The molecule has 0 unspecified atom stereocenters. The SMILES string of the molecule is C[C](C)CO[Si](C)(C)C(C)(C)C. The Morgan fingerprint density at radius 1 is 1.17 bits per heavy atom. The predicted molar refractivity (Wildman–Crippen MR) is 57.7 cm³/mol. The summed E-state index contributed by atoms with van der Waals surface area (Å²) in [6.45, 7) is 16.4. The first-order valence-electron chi connectivity index (χ1n) is 4.60. The molecule has 0 atom stereocenters. The fourth-order valence-corrected chi connectivity index (χ4v) is 1.62. The van der Waals surface area contributed by atoms with E-state index in [4.69, 9.17) is 4.43 Å². The van der Waals surface area contributed by atoms with Crippen LogP contribution in [0.15, 0.2) is 0 Å². The van der Waals surface area contributed by atoms with Crippen molar-refractivity contribution >= 4 is 8.32 Å². The van der Waals surface area contributed by atoms with E-state index in [1.165, 1.54) is 5.92 Å². The van der Waals surface area contributed by atoms with Gasteiger partial charge in [-0.25, -0.2) is 0 Å². The van der Waals surface area contributed by atoms with Gasteiger partial charge < -0.3 is 4.43 Å². The van der Waals surface area contributed by atoms with Gasteiger partial charge in [-0.3, -0.25) is 0 Å². The molecule has 0 aliphatic heterocycles. The molecule has 73 valence electrons. The Morgan fingerprint density at radius 2 is 1.58 bits per heavy atom. The zero-order valence-electron chi connectivity index (χ0n) is 9.62. The van der Waals surface area contributed by atoms with E-state index in [0.717, 1.165) is 6.61 Å². The summed E-state index contributed by atoms with van der Waals surface area (Å²) in [5.41, 5.74) is 0. The van der Waals surface area contributed by atoms with Gasteiger partial charge in [-0.05, 0) is 24.1 Å². The molecular formula is C10H23OSi. The van der Waals surface area contributed by atoms with Gasteiger partial charge in [-0.1, -0.05) is 34.6 Å². The van der Waals surface area contributed by atoms with Gasteiger partial charge in [0.05, 0.1) is 0 Å². The molecule has 1 radical (unpaired) electrons. The zero-order chi connectivity index (χ0) is 9.99. The lowest BCUT2D eigenvalue weighted by Gasteiger charge is -2.36. The molecule has 0 saturated carbocycles. The van der Waals surface area contributed by atoms with Crippen molar-refractivity contribution in [3.05, 3.63) is 5.92 Å². The van der Waals surface area contributed by atoms with Gasteiger partial charge in [0.15, 0.2) is 8.32 Å². The highest BCUT2D eigenvalue weighted by Crippen LogP contribution is 2.36. The third kappa shape index (κ3) is 3.72. The van der Waals surface area contributed by atoms with Crippen LogP contribution in [0.3, 0.4) is 0 Å². The van der Waals surface area contributed by atoms with Gasteiger partial charge >= 0.3 is 0 Å². The van der Waals surface area contributed by atoms with Crippen molar-refractivity contribution in [2.75, 3.05) is 6.61 Å². The fourth-order valence-electron chi connectivity index (χ4n) is 0.541. The largest absolute Gasteiger partial charge is 0.416 e. The highest BCUT2D eigenvalue weighted by Gasteiger charge is 2.36. The summed E-state index contributed by atoms with van der Waals surface area (Å²) >= 11 is 0. The first-order valence-corrected chi connectivity index (χ1v) is 7.50. The summed E-state index contributed by atoms with van der Waals surface area (Å²) in [5.74, 6) is 1.36. The molecule has 0 rings (SSSR count). The molecule has 0 spiro atoms. The van der Waals surface area contributed by atoms with E-state index in [1.807, 2.05) is 0 Å². The van der Waals surface area contributed by atoms with Crippen LogP contribution in [-0.4, -0.2) is 14.9 Å². The number of hydrogen-bond acceptors (Lipinski definition) is 1. The van der Waals surface area contributed by atoms with Crippen LogP contribution in [0.25, 0.3) is 0 Å². The van der Waals surface area contributed by atoms with Crippen molar-refractivity contribution in [1.82, 2.24) is 0 Å². The minimum Gasteiger partial charge on any atom is -0.416 e. The van der Waals surface area contributed by atoms with Crippen molar-refractivity contribution in [2.24, 2.45) is 0 Å². The highest BCUT2D eigenvalue weighted by molar-refractivity contribution is 6.74. The Bertz CT molecular complexity index is 133. The lowest BCUT2D eigenvalue weighted by molar-refractivity contribution is 0.301. The van der Waals surface area contributed by atoms with E-state index in [0.29, 0.717) is 5.04 Å². The molecule has 0 aromatic carbocycles. The smallest absolute Gasteiger partial charge is 0.192 e. The third-order valence-electron chi connectivity index (χ3n) is 2.53. The molecule has 0 bridgehead atoms. The van der Waals surface area contributed by atoms with Gasteiger partial charge in [0.25, 0.3) is 0 Å². The Morgan fingerprint density at radius 3 is 1.83 bits per heavy atom. The maximum Gasteiger partial charge on any atom is 0.192 e. The van der Waals surface area contributed by atoms with Crippen molar-refractivity contribution in [2.45, 2.75) is 52.8 Å². The average molecular weight is 187 g/mol. The van der Waals surface area contributed by atoms with Crippen LogP contribution < -0.4 is 0 Å². The highest BCUT2D eigenvalue weighted by atomic mass is 28.4. The molecule has 0 aliphatic carbocycles. The molecule has 0 N–H and O–H groups in total. The summed E-state index contributed by atoms with van der Waals surface area (Å²) in [6, 6.07) is 0. The Labute approximate surface area is 78.6 Å². The van der Waals surface area contributed by atoms with Crippen LogP contribution in [-0.2, 0) is 4.43 Å². The van der Waals surface area contributed by atoms with Crippen LogP contribution in [0, 0.1) is 5.92 Å². The minimum atomic E-state index is -1.49. The average Bonchev–Trinajstić information content (AvgIpc) is 1.81. The summed E-state index contributed by atoms with van der Waals surface area (Å²) < 4.78 is 5.96. The summed E-state index contributed by atoms with van der Waals surface area (Å²) in [5, 5.41) is 0.336. The standard InChI is InChI=1S/C10H23OSi/c1-9(2)8-11-12(6,7)10(3,4)5/h8H2,1-7H3. The molecule has 0 heterocycles. The topological polar surface area (TPSA) is 9.23 Å². The molecular weight excluding hydrogens is 164 g/mol. The van der Waals surface area contributed by atoms with E-state index in [9.17, 15) is 0 Å². The van der Waals surface area contributed by atoms with Crippen LogP contribution in [0.5, 0.6) is 0 Å². The first-order chi connectivity index (χ1) is 5.17. The summed E-state index contributed by atoms with van der Waals surface area (Å²) in [6.07, 6.45) is 0. The number of hydrogen-bond donors (Lipinski definition) is 0. The van der Waals surface area contributed by atoms with Crippen LogP contribution in [0.1, 0.15) is 34.6 Å². The molecule has 0 aliphatic rings. The van der Waals surface area contributed by atoms with E-state index in [1.54, 1.807) is 0 Å². The second-order valence-electron chi connectivity index (χ2n) is 5.26. The molecule has 1 nitrogen and oxygen atoms in total. The molecule has 0 fully saturated rings. The Balaban J connectivity index is 4.05. The van der Waals surface area contributed by atoms with Crippen molar-refractivity contribution < 1.29 is 4.43 Å². The zero-order valence-corrected chi connectivity index (χ0v) is 10.6. The molecule has 0 amide bonds. The monoisotopic (exact) mass is 187 g/mol. The van der Waals surface area contributed by atoms with Crippen LogP contribution in [0.2, 0.25) is 18.1 Å². The van der Waals surface area contributed by atoms with Crippen molar-refractivity contribution in [1.29, 1.82) is 0 Å². The lowest BCUT2D eigenvalue weighted by Crippen LogP contribution is -2.41. The van der Waals surface area contributed by atoms with Gasteiger partial charge in [0.1, 0.15) is 0 Å². The second kappa shape index (κ2) is 3.92. The minimum absolute atomic E-state index is 0.336. The van der Waals surface area contributed by atoms with E-state index < -0.39 is 8.32 Å². The quantitative estimate of drug-likeness (QED) is 0.613. The first kappa shape index (κ1) is 12.2. The molecule has 2 heteroatoms. The Kier molecular flexibility index (Phi) is 3.98. The van der Waals surface area contributed by atoms with Gasteiger partial charge in [-0.15, -0.1) is 0 Å². The van der Waals surface area contributed by atoms with E-state index in [2.05, 4.69) is 47.7 Å². The second-order valence-corrected chi connectivity index (χ2v) is 10.1. The summed E-state index contributed by atoms with van der Waals surface area (Å²) in [4.78, 5) is 0. The normalized spacial score (nSPS) is 14.0. The van der Waals surface area contributed by atoms with Gasteiger partial charge in [-0.2, -0.15) is 0 Å². The van der Waals surface area contributed by atoms with Crippen molar-refractivity contribution in [3.63, 3.8) is 0 Å².